The maximum atomic E-state index is 14.4. The second kappa shape index (κ2) is 10.7. The summed E-state index contributed by atoms with van der Waals surface area (Å²) >= 11 is 7.48. The summed E-state index contributed by atoms with van der Waals surface area (Å²) in [5.41, 5.74) is 2.07. The van der Waals surface area contributed by atoms with Crippen LogP contribution >= 0.6 is 22.9 Å². The second-order valence-corrected chi connectivity index (χ2v) is 9.92. The molecule has 188 valence electrons. The summed E-state index contributed by atoms with van der Waals surface area (Å²) in [6, 6.07) is 17.9. The van der Waals surface area contributed by atoms with Crippen molar-refractivity contribution >= 4 is 62.6 Å². The molecule has 0 unspecified atom stereocenters. The normalized spacial score (nSPS) is 13.1. The number of carbonyl (C=O) groups is 2. The summed E-state index contributed by atoms with van der Waals surface area (Å²) in [5, 5.41) is 5.61. The lowest BCUT2D eigenvalue weighted by Crippen LogP contribution is -2.36. The molecule has 1 aliphatic rings. The van der Waals surface area contributed by atoms with Crippen LogP contribution in [0.4, 0.5) is 19.9 Å². The number of aliphatic imine (C=N–C) groups is 1. The van der Waals surface area contributed by atoms with Crippen LogP contribution in [0.2, 0.25) is 5.02 Å². The van der Waals surface area contributed by atoms with Gasteiger partial charge >= 0.3 is 6.09 Å². The van der Waals surface area contributed by atoms with E-state index >= 15 is 0 Å². The monoisotopic (exact) mass is 535 g/mol. The first-order chi connectivity index (χ1) is 18.0. The maximum absolute atomic E-state index is 14.4. The molecule has 5 rings (SSSR count). The molecule has 3 aromatic carbocycles. The van der Waals surface area contributed by atoms with E-state index in [0.717, 1.165) is 21.2 Å². The highest BCUT2D eigenvalue weighted by atomic mass is 35.5. The number of anilines is 1. The zero-order chi connectivity index (χ0) is 25.9. The van der Waals surface area contributed by atoms with Crippen LogP contribution in [0.15, 0.2) is 65.7 Å². The highest BCUT2D eigenvalue weighted by molar-refractivity contribution is 7.16. The van der Waals surface area contributed by atoms with E-state index in [1.807, 2.05) is 42.5 Å². The van der Waals surface area contributed by atoms with Crippen LogP contribution in [0.3, 0.4) is 0 Å². The minimum Gasteiger partial charge on any atom is -0.450 e. The average molecular weight is 536 g/mol. The number of hydrogen-bond donors (Lipinski definition) is 1. The SMILES string of the molecule is CCOC(=O)N1CCc2c(sc(/N=C/c3c(F)cccc3Cl)c2C(=O)Nc2cccc3ccccc23)C1. The molecule has 0 fully saturated rings. The number of carbonyl (C=O) groups excluding carboxylic acids is 2. The van der Waals surface area contributed by atoms with Crippen molar-refractivity contribution in [3.63, 3.8) is 0 Å². The Morgan fingerprint density at radius 2 is 1.95 bits per heavy atom. The van der Waals surface area contributed by atoms with Crippen LogP contribution in [0.25, 0.3) is 10.8 Å². The lowest BCUT2D eigenvalue weighted by Gasteiger charge is -2.26. The number of thiophene rings is 1. The Labute approximate surface area is 222 Å². The summed E-state index contributed by atoms with van der Waals surface area (Å²) in [7, 11) is 0. The standard InChI is InChI=1S/C28H23ClFN3O3S/c1-2-36-28(35)33-14-13-19-24(16-33)37-27(31-15-20-21(29)10-6-11-22(20)30)25(19)26(34)32-23-12-5-8-17-7-3-4-9-18(17)23/h3-12,15H,2,13-14,16H2,1H3,(H,32,34)/b31-15+. The van der Waals surface area contributed by atoms with Crippen molar-refractivity contribution < 1.29 is 18.7 Å². The van der Waals surface area contributed by atoms with Gasteiger partial charge in [0.25, 0.3) is 5.91 Å². The summed E-state index contributed by atoms with van der Waals surface area (Å²) in [6.07, 6.45) is 1.41. The number of fused-ring (bicyclic) bond motifs is 2. The molecule has 0 saturated heterocycles. The first kappa shape index (κ1) is 24.9. The van der Waals surface area contributed by atoms with Crippen LogP contribution in [-0.2, 0) is 17.7 Å². The van der Waals surface area contributed by atoms with Gasteiger partial charge in [0.05, 0.1) is 23.7 Å². The number of hydrogen-bond acceptors (Lipinski definition) is 5. The molecule has 2 heterocycles. The Morgan fingerprint density at radius 3 is 2.76 bits per heavy atom. The minimum atomic E-state index is -0.507. The first-order valence-electron chi connectivity index (χ1n) is 11.8. The summed E-state index contributed by atoms with van der Waals surface area (Å²) in [6.45, 7) is 2.77. The van der Waals surface area contributed by atoms with E-state index in [2.05, 4.69) is 10.3 Å². The van der Waals surface area contributed by atoms with Crippen molar-refractivity contribution in [3.05, 3.63) is 93.1 Å². The lowest BCUT2D eigenvalue weighted by atomic mass is 10.0. The number of benzene rings is 3. The summed E-state index contributed by atoms with van der Waals surface area (Å²) in [4.78, 5) is 33.0. The predicted molar refractivity (Wildman–Crippen MR) is 146 cm³/mol. The molecule has 0 bridgehead atoms. The molecule has 0 saturated carbocycles. The van der Waals surface area contributed by atoms with Gasteiger partial charge in [0.1, 0.15) is 10.8 Å². The third-order valence-corrected chi connectivity index (χ3v) is 7.59. The van der Waals surface area contributed by atoms with Crippen LogP contribution in [0.5, 0.6) is 0 Å². The van der Waals surface area contributed by atoms with E-state index in [1.165, 1.54) is 29.7 Å². The van der Waals surface area contributed by atoms with Crippen LogP contribution in [-0.4, -0.2) is 36.3 Å². The van der Waals surface area contributed by atoms with Gasteiger partial charge in [-0.05, 0) is 42.5 Å². The Balaban J connectivity index is 1.54. The average Bonchev–Trinajstić information content (AvgIpc) is 3.26. The van der Waals surface area contributed by atoms with E-state index in [9.17, 15) is 14.0 Å². The Morgan fingerprint density at radius 1 is 1.16 bits per heavy atom. The molecule has 4 aromatic rings. The van der Waals surface area contributed by atoms with E-state index in [-0.39, 0.29) is 23.1 Å². The second-order valence-electron chi connectivity index (χ2n) is 8.43. The third kappa shape index (κ3) is 5.08. The van der Waals surface area contributed by atoms with Gasteiger partial charge in [-0.2, -0.15) is 0 Å². The van der Waals surface area contributed by atoms with Gasteiger partial charge in [0.2, 0.25) is 0 Å². The topological polar surface area (TPSA) is 71.0 Å². The molecule has 1 aromatic heterocycles. The Kier molecular flexibility index (Phi) is 7.21. The van der Waals surface area contributed by atoms with E-state index in [4.69, 9.17) is 16.3 Å². The maximum Gasteiger partial charge on any atom is 0.410 e. The van der Waals surface area contributed by atoms with Gasteiger partial charge in [-0.25, -0.2) is 14.2 Å². The zero-order valence-corrected chi connectivity index (χ0v) is 21.5. The van der Waals surface area contributed by atoms with Gasteiger partial charge in [-0.3, -0.25) is 4.79 Å². The number of rotatable bonds is 5. The van der Waals surface area contributed by atoms with Gasteiger partial charge in [0, 0.05) is 34.3 Å². The van der Waals surface area contributed by atoms with Gasteiger partial charge in [0.15, 0.2) is 0 Å². The van der Waals surface area contributed by atoms with Gasteiger partial charge < -0.3 is 15.0 Å². The number of ether oxygens (including phenoxy) is 1. The van der Waals surface area contributed by atoms with Gasteiger partial charge in [-0.15, -0.1) is 11.3 Å². The van der Waals surface area contributed by atoms with E-state index < -0.39 is 11.9 Å². The molecule has 37 heavy (non-hydrogen) atoms. The summed E-state index contributed by atoms with van der Waals surface area (Å²) in [5.74, 6) is -0.821. The molecule has 9 heteroatoms. The molecular formula is C28H23ClFN3O3S. The van der Waals surface area contributed by atoms with Crippen molar-refractivity contribution in [2.75, 3.05) is 18.5 Å². The highest BCUT2D eigenvalue weighted by Gasteiger charge is 2.30. The molecule has 1 aliphatic heterocycles. The van der Waals surface area contributed by atoms with Gasteiger partial charge in [-0.1, -0.05) is 54.1 Å². The first-order valence-corrected chi connectivity index (χ1v) is 13.0. The van der Waals surface area contributed by atoms with Crippen molar-refractivity contribution in [2.45, 2.75) is 19.9 Å². The van der Waals surface area contributed by atoms with Crippen LogP contribution in [0, 0.1) is 5.82 Å². The Hall–Kier alpha value is -3.75. The quantitative estimate of drug-likeness (QED) is 0.274. The molecule has 0 atom stereocenters. The van der Waals surface area contributed by atoms with Crippen molar-refractivity contribution in [3.8, 4) is 0 Å². The number of halogens is 2. The molecular weight excluding hydrogens is 513 g/mol. The van der Waals surface area contributed by atoms with Crippen LogP contribution < -0.4 is 5.32 Å². The van der Waals surface area contributed by atoms with Crippen molar-refractivity contribution in [2.24, 2.45) is 4.99 Å². The third-order valence-electron chi connectivity index (χ3n) is 6.14. The number of nitrogens with one attached hydrogen (secondary N) is 1. The fraction of sp³-hybridized carbons (Fsp3) is 0.179. The largest absolute Gasteiger partial charge is 0.450 e. The molecule has 0 spiro atoms. The predicted octanol–water partition coefficient (Wildman–Crippen LogP) is 7.21. The molecule has 0 aliphatic carbocycles. The molecule has 6 nitrogen and oxygen atoms in total. The van der Waals surface area contributed by atoms with Crippen molar-refractivity contribution in [1.82, 2.24) is 4.90 Å². The highest BCUT2D eigenvalue weighted by Crippen LogP contribution is 2.40. The number of nitrogens with zero attached hydrogens (tertiary/aromatic N) is 2. The smallest absolute Gasteiger partial charge is 0.410 e. The lowest BCUT2D eigenvalue weighted by molar-refractivity contribution is 0.102. The molecule has 1 N–H and O–H groups in total. The van der Waals surface area contributed by atoms with Crippen LogP contribution in [0.1, 0.15) is 33.3 Å². The molecule has 0 radical (unpaired) electrons. The summed E-state index contributed by atoms with van der Waals surface area (Å²) < 4.78 is 19.5. The minimum absolute atomic E-state index is 0.143. The number of amides is 2. The zero-order valence-electron chi connectivity index (χ0n) is 20.0. The Bertz CT molecular complexity index is 1510. The van der Waals surface area contributed by atoms with Crippen molar-refractivity contribution in [1.29, 1.82) is 0 Å². The van der Waals surface area contributed by atoms with E-state index in [1.54, 1.807) is 17.9 Å². The fourth-order valence-electron chi connectivity index (χ4n) is 4.36. The fourth-order valence-corrected chi connectivity index (χ4v) is 5.78. The molecule has 2 amide bonds. The van der Waals surface area contributed by atoms with E-state index in [0.29, 0.717) is 35.8 Å².